The first-order chi connectivity index (χ1) is 7.76. The summed E-state index contributed by atoms with van der Waals surface area (Å²) in [5.74, 6) is 0.148. The number of aliphatic hydroxyl groups excluding tert-OH is 1. The van der Waals surface area contributed by atoms with Gasteiger partial charge in [0, 0.05) is 24.1 Å². The molecule has 0 radical (unpaired) electrons. The van der Waals surface area contributed by atoms with Crippen LogP contribution in [0.1, 0.15) is 17.4 Å². The highest BCUT2D eigenvalue weighted by molar-refractivity contribution is 5.88. The number of aromatic nitrogens is 1. The van der Waals surface area contributed by atoms with Crippen molar-refractivity contribution in [3.05, 3.63) is 36.0 Å². The van der Waals surface area contributed by atoms with Crippen LogP contribution < -0.4 is 0 Å². The van der Waals surface area contributed by atoms with Crippen molar-refractivity contribution in [3.63, 3.8) is 0 Å². The number of hydrogen-bond donors (Lipinski definition) is 1. The second-order valence-corrected chi connectivity index (χ2v) is 4.14. The van der Waals surface area contributed by atoms with E-state index in [1.807, 2.05) is 41.8 Å². The first-order valence-corrected chi connectivity index (χ1v) is 5.40. The maximum absolute atomic E-state index is 11.0. The first-order valence-electron chi connectivity index (χ1n) is 5.40. The fourth-order valence-electron chi connectivity index (χ4n) is 1.90. The van der Waals surface area contributed by atoms with E-state index in [9.17, 15) is 4.79 Å². The fraction of sp³-hybridized carbons (Fsp3) is 0.308. The van der Waals surface area contributed by atoms with Crippen molar-refractivity contribution in [2.45, 2.75) is 13.5 Å². The Labute approximate surface area is 94.3 Å². The van der Waals surface area contributed by atoms with Gasteiger partial charge in [-0.3, -0.25) is 4.79 Å². The van der Waals surface area contributed by atoms with Gasteiger partial charge in [-0.2, -0.15) is 0 Å². The summed E-state index contributed by atoms with van der Waals surface area (Å²) in [5.41, 5.74) is 1.71. The lowest BCUT2D eigenvalue weighted by Crippen LogP contribution is -2.12. The summed E-state index contributed by atoms with van der Waals surface area (Å²) in [6.07, 6.45) is 0.865. The monoisotopic (exact) mass is 217 g/mol. The van der Waals surface area contributed by atoms with Crippen molar-refractivity contribution in [3.8, 4) is 0 Å². The number of fused-ring (bicyclic) bond motifs is 1. The van der Waals surface area contributed by atoms with E-state index in [2.05, 4.69) is 0 Å². The van der Waals surface area contributed by atoms with Gasteiger partial charge in [-0.15, -0.1) is 0 Å². The smallest absolute Gasteiger partial charge is 0.166 e. The van der Waals surface area contributed by atoms with Crippen molar-refractivity contribution in [2.75, 3.05) is 6.61 Å². The number of aliphatic hydroxyl groups is 1. The van der Waals surface area contributed by atoms with Gasteiger partial charge in [0.1, 0.15) is 0 Å². The zero-order valence-corrected chi connectivity index (χ0v) is 9.26. The van der Waals surface area contributed by atoms with Crippen LogP contribution in [0.5, 0.6) is 0 Å². The van der Waals surface area contributed by atoms with Crippen LogP contribution in [0.15, 0.2) is 30.3 Å². The van der Waals surface area contributed by atoms with E-state index in [4.69, 9.17) is 5.11 Å². The highest BCUT2D eigenvalue weighted by Gasteiger charge is 2.10. The molecule has 3 nitrogen and oxygen atoms in total. The third kappa shape index (κ3) is 1.86. The van der Waals surface area contributed by atoms with E-state index >= 15 is 0 Å². The Morgan fingerprint density at radius 1 is 1.44 bits per heavy atom. The summed E-state index contributed by atoms with van der Waals surface area (Å²) in [6, 6.07) is 9.77. The quantitative estimate of drug-likeness (QED) is 0.797. The number of aldehydes is 1. The lowest BCUT2D eigenvalue weighted by Gasteiger charge is -2.12. The molecular weight excluding hydrogens is 202 g/mol. The van der Waals surface area contributed by atoms with Crippen molar-refractivity contribution in [2.24, 2.45) is 5.92 Å². The second kappa shape index (κ2) is 4.49. The van der Waals surface area contributed by atoms with Gasteiger partial charge in [0.2, 0.25) is 0 Å². The van der Waals surface area contributed by atoms with Crippen LogP contribution in [0.4, 0.5) is 0 Å². The van der Waals surface area contributed by atoms with Gasteiger partial charge in [-0.05, 0) is 18.1 Å². The van der Waals surface area contributed by atoms with Crippen LogP contribution in [-0.4, -0.2) is 22.6 Å². The minimum Gasteiger partial charge on any atom is -0.396 e. The molecule has 0 saturated carbocycles. The van der Waals surface area contributed by atoms with E-state index in [0.717, 1.165) is 17.2 Å². The molecule has 84 valence electrons. The molecule has 0 aliphatic rings. The number of benzene rings is 1. The number of carbonyl (C=O) groups is 1. The molecule has 0 aliphatic heterocycles. The zero-order chi connectivity index (χ0) is 11.5. The van der Waals surface area contributed by atoms with Crippen LogP contribution in [0, 0.1) is 5.92 Å². The van der Waals surface area contributed by atoms with E-state index in [0.29, 0.717) is 12.2 Å². The molecule has 0 aliphatic carbocycles. The van der Waals surface area contributed by atoms with Gasteiger partial charge in [-0.1, -0.05) is 25.1 Å². The first kappa shape index (κ1) is 10.9. The van der Waals surface area contributed by atoms with Crippen LogP contribution in [0.2, 0.25) is 0 Å². The molecular formula is C13H15NO2. The lowest BCUT2D eigenvalue weighted by molar-refractivity contribution is 0.111. The summed E-state index contributed by atoms with van der Waals surface area (Å²) in [6.45, 7) is 2.76. The standard InChI is InChI=1S/C13H15NO2/c1-10(8-15)7-14-12(9-16)6-11-4-2-3-5-13(11)14/h2-6,9-10,15H,7-8H2,1H3/t10-/m0/s1. The summed E-state index contributed by atoms with van der Waals surface area (Å²) in [4.78, 5) is 11.0. The van der Waals surface area contributed by atoms with E-state index in [-0.39, 0.29) is 12.5 Å². The molecule has 2 aromatic rings. The molecule has 1 atom stereocenters. The summed E-state index contributed by atoms with van der Waals surface area (Å²) < 4.78 is 1.96. The third-order valence-corrected chi connectivity index (χ3v) is 2.77. The van der Waals surface area contributed by atoms with Crippen molar-refractivity contribution in [1.29, 1.82) is 0 Å². The van der Waals surface area contributed by atoms with Crippen molar-refractivity contribution in [1.82, 2.24) is 4.57 Å². The second-order valence-electron chi connectivity index (χ2n) is 4.14. The van der Waals surface area contributed by atoms with E-state index in [1.54, 1.807) is 0 Å². The highest BCUT2D eigenvalue weighted by Crippen LogP contribution is 2.20. The van der Waals surface area contributed by atoms with Crippen LogP contribution in [-0.2, 0) is 6.54 Å². The minimum absolute atomic E-state index is 0.130. The summed E-state index contributed by atoms with van der Waals surface area (Å²) >= 11 is 0. The van der Waals surface area contributed by atoms with Gasteiger partial charge in [0.25, 0.3) is 0 Å². The number of rotatable bonds is 4. The normalized spacial score (nSPS) is 12.9. The molecule has 0 fully saturated rings. The van der Waals surface area contributed by atoms with Gasteiger partial charge >= 0.3 is 0 Å². The molecule has 1 heterocycles. The molecule has 1 N–H and O–H groups in total. The maximum atomic E-state index is 11.0. The average Bonchev–Trinajstić information content (AvgIpc) is 2.67. The molecule has 0 saturated heterocycles. The van der Waals surface area contributed by atoms with Crippen molar-refractivity contribution < 1.29 is 9.90 Å². The highest BCUT2D eigenvalue weighted by atomic mass is 16.3. The number of hydrogen-bond acceptors (Lipinski definition) is 2. The topological polar surface area (TPSA) is 42.2 Å². The van der Waals surface area contributed by atoms with Crippen LogP contribution in [0.3, 0.4) is 0 Å². The van der Waals surface area contributed by atoms with Gasteiger partial charge < -0.3 is 9.67 Å². The zero-order valence-electron chi connectivity index (χ0n) is 9.26. The number of carbonyl (C=O) groups excluding carboxylic acids is 1. The average molecular weight is 217 g/mol. The minimum atomic E-state index is 0.130. The maximum Gasteiger partial charge on any atom is 0.166 e. The summed E-state index contributed by atoms with van der Waals surface area (Å²) in [7, 11) is 0. The molecule has 16 heavy (non-hydrogen) atoms. The Bertz CT molecular complexity index is 502. The molecule has 2 rings (SSSR count). The van der Waals surface area contributed by atoms with Crippen LogP contribution in [0.25, 0.3) is 10.9 Å². The summed E-state index contributed by atoms with van der Waals surface area (Å²) in [5, 5.41) is 10.1. The van der Waals surface area contributed by atoms with Crippen LogP contribution >= 0.6 is 0 Å². The molecule has 0 bridgehead atoms. The molecule has 3 heteroatoms. The Balaban J connectivity index is 2.51. The van der Waals surface area contributed by atoms with Gasteiger partial charge in [-0.25, -0.2) is 0 Å². The SMILES string of the molecule is C[C@H](CO)Cn1c(C=O)cc2ccccc21. The molecule has 0 amide bonds. The third-order valence-electron chi connectivity index (χ3n) is 2.77. The Kier molecular flexibility index (Phi) is 3.06. The molecule has 0 unspecified atom stereocenters. The van der Waals surface area contributed by atoms with E-state index < -0.39 is 0 Å². The van der Waals surface area contributed by atoms with Gasteiger partial charge in [0.05, 0.1) is 5.69 Å². The number of para-hydroxylation sites is 1. The lowest BCUT2D eigenvalue weighted by atomic mass is 10.2. The largest absolute Gasteiger partial charge is 0.396 e. The Hall–Kier alpha value is -1.61. The predicted molar refractivity (Wildman–Crippen MR) is 63.6 cm³/mol. The van der Waals surface area contributed by atoms with Gasteiger partial charge in [0.15, 0.2) is 6.29 Å². The number of nitrogens with zero attached hydrogens (tertiary/aromatic N) is 1. The molecule has 1 aromatic heterocycles. The fourth-order valence-corrected chi connectivity index (χ4v) is 1.90. The van der Waals surface area contributed by atoms with E-state index in [1.165, 1.54) is 0 Å². The Morgan fingerprint density at radius 2 is 2.19 bits per heavy atom. The molecule has 1 aromatic carbocycles. The Morgan fingerprint density at radius 3 is 2.88 bits per heavy atom. The van der Waals surface area contributed by atoms with Crippen molar-refractivity contribution >= 4 is 17.2 Å². The molecule has 0 spiro atoms. The predicted octanol–water partition coefficient (Wildman–Crippen LogP) is 2.08.